The predicted octanol–water partition coefficient (Wildman–Crippen LogP) is 6.33. The summed E-state index contributed by atoms with van der Waals surface area (Å²) in [5.41, 5.74) is 2.38. The van der Waals surface area contributed by atoms with E-state index in [-0.39, 0.29) is 18.1 Å². The number of aromatic nitrogens is 3. The lowest BCUT2D eigenvalue weighted by Gasteiger charge is -2.18. The maximum absolute atomic E-state index is 11.6. The molecule has 38 heavy (non-hydrogen) atoms. The smallest absolute Gasteiger partial charge is 0.220 e. The summed E-state index contributed by atoms with van der Waals surface area (Å²) >= 11 is 7.53. The van der Waals surface area contributed by atoms with Crippen molar-refractivity contribution in [1.29, 1.82) is 0 Å². The Labute approximate surface area is 229 Å². The molecule has 1 heterocycles. The van der Waals surface area contributed by atoms with Crippen LogP contribution in [0.25, 0.3) is 5.69 Å². The number of nitrogens with zero attached hydrogens (tertiary/aromatic N) is 4. The van der Waals surface area contributed by atoms with Gasteiger partial charge in [0.05, 0.1) is 13.7 Å². The Hall–Kier alpha value is -3.76. The summed E-state index contributed by atoms with van der Waals surface area (Å²) in [6.45, 7) is 4.06. The minimum Gasteiger partial charge on any atom is -0.497 e. The van der Waals surface area contributed by atoms with Crippen molar-refractivity contribution in [3.63, 3.8) is 0 Å². The van der Waals surface area contributed by atoms with Crippen LogP contribution < -0.4 is 14.2 Å². The van der Waals surface area contributed by atoms with Crippen LogP contribution in [-0.2, 0) is 6.61 Å². The number of nitro groups is 1. The fourth-order valence-electron chi connectivity index (χ4n) is 3.80. The van der Waals surface area contributed by atoms with Gasteiger partial charge in [0.2, 0.25) is 6.54 Å². The number of halogens is 1. The second kappa shape index (κ2) is 12.7. The summed E-state index contributed by atoms with van der Waals surface area (Å²) in [5, 5.41) is 20.8. The SMILES string of the molecule is CCOc1cc([C@@H](C[N+](=O)[O-])Sc2nnc(C)n2-c2ccc(OC)cc2)ccc1OCc1ccccc1Cl. The number of benzene rings is 3. The van der Waals surface area contributed by atoms with Crippen LogP contribution in [0.1, 0.15) is 29.1 Å². The summed E-state index contributed by atoms with van der Waals surface area (Å²) in [6, 6.07) is 20.3. The molecule has 0 aliphatic rings. The standard InChI is InChI=1S/C27H27ClN4O5S/c1-4-36-25-15-19(9-14-24(25)37-17-20-7-5-6-8-23(20)28)26(16-31(33)34)38-27-30-29-18(2)32(27)21-10-12-22(35-3)13-11-21/h5-15,26H,4,16-17H2,1-3H3/t26-/m1/s1. The highest BCUT2D eigenvalue weighted by atomic mass is 35.5. The molecule has 11 heteroatoms. The van der Waals surface area contributed by atoms with E-state index in [2.05, 4.69) is 10.2 Å². The molecule has 3 aromatic carbocycles. The normalized spacial score (nSPS) is 11.7. The molecular formula is C27H27ClN4O5S. The highest BCUT2D eigenvalue weighted by Gasteiger charge is 2.25. The second-order valence-corrected chi connectivity index (χ2v) is 9.78. The van der Waals surface area contributed by atoms with E-state index in [0.29, 0.717) is 39.7 Å². The van der Waals surface area contributed by atoms with Crippen molar-refractivity contribution in [3.05, 3.63) is 98.8 Å². The molecule has 4 aromatic rings. The lowest BCUT2D eigenvalue weighted by Crippen LogP contribution is -2.12. The molecule has 0 fully saturated rings. The van der Waals surface area contributed by atoms with Crippen LogP contribution in [0.2, 0.25) is 5.02 Å². The van der Waals surface area contributed by atoms with E-state index in [9.17, 15) is 10.1 Å². The number of aryl methyl sites for hydroxylation is 1. The van der Waals surface area contributed by atoms with E-state index in [4.69, 9.17) is 25.8 Å². The number of methoxy groups -OCH3 is 1. The molecule has 0 unspecified atom stereocenters. The molecule has 4 rings (SSSR count). The van der Waals surface area contributed by atoms with Gasteiger partial charge in [-0.2, -0.15) is 0 Å². The van der Waals surface area contributed by atoms with Crippen LogP contribution in [0, 0.1) is 17.0 Å². The summed E-state index contributed by atoms with van der Waals surface area (Å²) in [7, 11) is 1.60. The third-order valence-electron chi connectivity index (χ3n) is 5.67. The molecule has 0 spiro atoms. The number of hydrogen-bond acceptors (Lipinski definition) is 8. The summed E-state index contributed by atoms with van der Waals surface area (Å²) in [6.07, 6.45) is 0. The molecule has 1 aromatic heterocycles. The van der Waals surface area contributed by atoms with Gasteiger partial charge in [-0.15, -0.1) is 10.2 Å². The largest absolute Gasteiger partial charge is 0.497 e. The first-order valence-electron chi connectivity index (χ1n) is 11.9. The summed E-state index contributed by atoms with van der Waals surface area (Å²) in [5.74, 6) is 2.41. The van der Waals surface area contributed by atoms with Crippen LogP contribution in [0.15, 0.2) is 71.9 Å². The second-order valence-electron chi connectivity index (χ2n) is 8.20. The monoisotopic (exact) mass is 554 g/mol. The molecule has 198 valence electrons. The zero-order chi connectivity index (χ0) is 27.1. The third-order valence-corrected chi connectivity index (χ3v) is 7.22. The van der Waals surface area contributed by atoms with Crippen molar-refractivity contribution in [2.24, 2.45) is 0 Å². The van der Waals surface area contributed by atoms with Crippen molar-refractivity contribution in [2.45, 2.75) is 30.9 Å². The zero-order valence-corrected chi connectivity index (χ0v) is 22.7. The minimum absolute atomic E-state index is 0.260. The van der Waals surface area contributed by atoms with E-state index in [1.165, 1.54) is 11.8 Å². The van der Waals surface area contributed by atoms with Gasteiger partial charge < -0.3 is 14.2 Å². The van der Waals surface area contributed by atoms with E-state index in [1.807, 2.05) is 66.9 Å². The Balaban J connectivity index is 1.62. The van der Waals surface area contributed by atoms with E-state index in [0.717, 1.165) is 17.0 Å². The van der Waals surface area contributed by atoms with Gasteiger partial charge in [0.15, 0.2) is 16.7 Å². The molecule has 0 aliphatic heterocycles. The van der Waals surface area contributed by atoms with Gasteiger partial charge in [0.1, 0.15) is 23.4 Å². The quantitative estimate of drug-likeness (QED) is 0.114. The molecule has 0 saturated heterocycles. The van der Waals surface area contributed by atoms with Crippen molar-refractivity contribution in [1.82, 2.24) is 14.8 Å². The predicted molar refractivity (Wildman–Crippen MR) is 147 cm³/mol. The average Bonchev–Trinajstić information content (AvgIpc) is 3.28. The molecule has 0 radical (unpaired) electrons. The fourth-order valence-corrected chi connectivity index (χ4v) is 5.16. The van der Waals surface area contributed by atoms with Gasteiger partial charge in [-0.05, 0) is 61.9 Å². The molecule has 0 aliphatic carbocycles. The van der Waals surface area contributed by atoms with Crippen molar-refractivity contribution in [2.75, 3.05) is 20.3 Å². The average molecular weight is 555 g/mol. The van der Waals surface area contributed by atoms with Gasteiger partial charge in [-0.3, -0.25) is 14.7 Å². The molecule has 1 atom stereocenters. The molecule has 9 nitrogen and oxygen atoms in total. The van der Waals surface area contributed by atoms with E-state index in [1.54, 1.807) is 25.3 Å². The molecule has 0 amide bonds. The molecule has 0 saturated carbocycles. The van der Waals surface area contributed by atoms with Crippen molar-refractivity contribution >= 4 is 23.4 Å². The number of hydrogen-bond donors (Lipinski definition) is 0. The Morgan fingerprint density at radius 3 is 2.50 bits per heavy atom. The van der Waals surface area contributed by atoms with Crippen molar-refractivity contribution < 1.29 is 19.1 Å². The number of thioether (sulfide) groups is 1. The van der Waals surface area contributed by atoms with Gasteiger partial charge in [-0.25, -0.2) is 0 Å². The Morgan fingerprint density at radius 1 is 1.05 bits per heavy atom. The van der Waals surface area contributed by atoms with E-state index < -0.39 is 5.25 Å². The topological polar surface area (TPSA) is 102 Å². The zero-order valence-electron chi connectivity index (χ0n) is 21.2. The maximum atomic E-state index is 11.6. The lowest BCUT2D eigenvalue weighted by molar-refractivity contribution is -0.479. The summed E-state index contributed by atoms with van der Waals surface area (Å²) in [4.78, 5) is 11.3. The first-order chi connectivity index (χ1) is 18.4. The molecule has 0 N–H and O–H groups in total. The maximum Gasteiger partial charge on any atom is 0.220 e. The van der Waals surface area contributed by atoms with Crippen LogP contribution in [-0.4, -0.2) is 39.9 Å². The minimum atomic E-state index is -0.553. The van der Waals surface area contributed by atoms with Gasteiger partial charge in [0.25, 0.3) is 0 Å². The first-order valence-corrected chi connectivity index (χ1v) is 13.1. The molecular weight excluding hydrogens is 528 g/mol. The Morgan fingerprint density at radius 2 is 1.82 bits per heavy atom. The number of ether oxygens (including phenoxy) is 3. The van der Waals surface area contributed by atoms with Crippen LogP contribution in [0.4, 0.5) is 0 Å². The van der Waals surface area contributed by atoms with Gasteiger partial charge in [-0.1, -0.05) is 47.6 Å². The highest BCUT2D eigenvalue weighted by Crippen LogP contribution is 2.40. The highest BCUT2D eigenvalue weighted by molar-refractivity contribution is 7.99. The third kappa shape index (κ3) is 6.56. The van der Waals surface area contributed by atoms with E-state index >= 15 is 0 Å². The Bertz CT molecular complexity index is 1400. The van der Waals surface area contributed by atoms with Crippen LogP contribution in [0.5, 0.6) is 17.2 Å². The van der Waals surface area contributed by atoms with Gasteiger partial charge >= 0.3 is 0 Å². The molecule has 0 bridgehead atoms. The Kier molecular flexibility index (Phi) is 9.09. The summed E-state index contributed by atoms with van der Waals surface area (Å²) < 4.78 is 19.0. The van der Waals surface area contributed by atoms with Crippen molar-refractivity contribution in [3.8, 4) is 22.9 Å². The van der Waals surface area contributed by atoms with Crippen LogP contribution in [0.3, 0.4) is 0 Å². The van der Waals surface area contributed by atoms with Crippen LogP contribution >= 0.6 is 23.4 Å². The number of rotatable bonds is 12. The van der Waals surface area contributed by atoms with Gasteiger partial charge in [0, 0.05) is 21.2 Å². The lowest BCUT2D eigenvalue weighted by atomic mass is 10.1. The fraction of sp³-hybridized carbons (Fsp3) is 0.259. The first kappa shape index (κ1) is 27.3.